The second kappa shape index (κ2) is 14.7. The summed E-state index contributed by atoms with van der Waals surface area (Å²) in [6.07, 6.45) is 14.2. The molecule has 0 spiro atoms. The lowest BCUT2D eigenvalue weighted by atomic mass is 10.1. The van der Waals surface area contributed by atoms with Gasteiger partial charge in [-0.1, -0.05) is 78.1 Å². The van der Waals surface area contributed by atoms with Crippen molar-refractivity contribution >= 4 is 7.60 Å². The van der Waals surface area contributed by atoms with Gasteiger partial charge in [0.25, 0.3) is 0 Å². The van der Waals surface area contributed by atoms with Crippen molar-refractivity contribution in [1.82, 2.24) is 0 Å². The largest absolute Gasteiger partial charge is 0.333 e. The van der Waals surface area contributed by atoms with E-state index in [1.165, 1.54) is 57.8 Å². The first kappa shape index (κ1) is 22.1. The SMILES string of the molecule is CCCCCCCCCCCCC(C)P(=O)(OCC)OCC. The van der Waals surface area contributed by atoms with E-state index in [1.54, 1.807) is 0 Å². The van der Waals surface area contributed by atoms with E-state index in [1.807, 2.05) is 20.8 Å². The van der Waals surface area contributed by atoms with Crippen molar-refractivity contribution in [3.63, 3.8) is 0 Å². The zero-order chi connectivity index (χ0) is 16.7. The van der Waals surface area contributed by atoms with E-state index in [0.29, 0.717) is 13.2 Å². The van der Waals surface area contributed by atoms with Crippen LogP contribution < -0.4 is 0 Å². The Hall–Kier alpha value is 0.150. The molecule has 0 bridgehead atoms. The minimum absolute atomic E-state index is 0.0152. The summed E-state index contributed by atoms with van der Waals surface area (Å²) < 4.78 is 23.4. The van der Waals surface area contributed by atoms with E-state index in [-0.39, 0.29) is 5.66 Å². The smallest absolute Gasteiger partial charge is 0.309 e. The van der Waals surface area contributed by atoms with E-state index in [9.17, 15) is 4.57 Å². The molecule has 0 N–H and O–H groups in total. The van der Waals surface area contributed by atoms with Gasteiger partial charge in [0, 0.05) is 0 Å². The van der Waals surface area contributed by atoms with E-state index < -0.39 is 7.60 Å². The van der Waals surface area contributed by atoms with Crippen molar-refractivity contribution in [1.29, 1.82) is 0 Å². The lowest BCUT2D eigenvalue weighted by Crippen LogP contribution is -2.09. The molecule has 0 amide bonds. The van der Waals surface area contributed by atoms with Crippen LogP contribution in [0.2, 0.25) is 0 Å². The Morgan fingerprint density at radius 3 is 1.55 bits per heavy atom. The molecule has 0 aromatic carbocycles. The summed E-state index contributed by atoms with van der Waals surface area (Å²) in [5.74, 6) is 0. The van der Waals surface area contributed by atoms with E-state index in [2.05, 4.69) is 6.92 Å². The monoisotopic (exact) mass is 334 g/mol. The molecule has 4 heteroatoms. The number of unbranched alkanes of at least 4 members (excludes halogenated alkanes) is 9. The van der Waals surface area contributed by atoms with Crippen LogP contribution in [0.1, 0.15) is 98.3 Å². The first-order valence-electron chi connectivity index (χ1n) is 9.49. The van der Waals surface area contributed by atoms with Gasteiger partial charge in [-0.05, 0) is 20.3 Å². The van der Waals surface area contributed by atoms with Gasteiger partial charge in [0.15, 0.2) is 0 Å². The summed E-state index contributed by atoms with van der Waals surface area (Å²) in [4.78, 5) is 0. The highest BCUT2D eigenvalue weighted by Gasteiger charge is 2.31. The molecule has 134 valence electrons. The van der Waals surface area contributed by atoms with Gasteiger partial charge in [-0.3, -0.25) is 4.57 Å². The quantitative estimate of drug-likeness (QED) is 0.226. The summed E-state index contributed by atoms with van der Waals surface area (Å²) in [6, 6.07) is 0. The molecule has 0 radical (unpaired) electrons. The second-order valence-corrected chi connectivity index (χ2v) is 8.67. The summed E-state index contributed by atoms with van der Waals surface area (Å²) in [6.45, 7) is 8.92. The van der Waals surface area contributed by atoms with Gasteiger partial charge in [-0.25, -0.2) is 0 Å². The Bertz CT molecular complexity index is 272. The molecule has 0 saturated carbocycles. The van der Waals surface area contributed by atoms with Crippen molar-refractivity contribution in [3.8, 4) is 0 Å². The van der Waals surface area contributed by atoms with Crippen LogP contribution in [0.5, 0.6) is 0 Å². The average Bonchev–Trinajstić information content (AvgIpc) is 2.49. The molecular formula is C18H39O3P. The summed E-state index contributed by atoms with van der Waals surface area (Å²) in [7, 11) is -2.89. The highest BCUT2D eigenvalue weighted by molar-refractivity contribution is 7.54. The van der Waals surface area contributed by atoms with E-state index in [4.69, 9.17) is 9.05 Å². The van der Waals surface area contributed by atoms with Gasteiger partial charge >= 0.3 is 7.60 Å². The molecule has 0 aliphatic carbocycles. The Morgan fingerprint density at radius 2 is 1.14 bits per heavy atom. The van der Waals surface area contributed by atoms with Crippen LogP contribution >= 0.6 is 7.60 Å². The highest BCUT2D eigenvalue weighted by atomic mass is 31.2. The third-order valence-electron chi connectivity index (χ3n) is 4.13. The Labute approximate surface area is 139 Å². The minimum Gasteiger partial charge on any atom is -0.309 e. The molecule has 1 atom stereocenters. The zero-order valence-electron chi connectivity index (χ0n) is 15.4. The highest BCUT2D eigenvalue weighted by Crippen LogP contribution is 2.54. The number of rotatable bonds is 16. The van der Waals surface area contributed by atoms with Crippen LogP contribution in [0.25, 0.3) is 0 Å². The fraction of sp³-hybridized carbons (Fsp3) is 1.00. The van der Waals surface area contributed by atoms with Gasteiger partial charge in [-0.2, -0.15) is 0 Å². The number of hydrogen-bond acceptors (Lipinski definition) is 3. The lowest BCUT2D eigenvalue weighted by Gasteiger charge is -2.23. The predicted octanol–water partition coefficient (Wildman–Crippen LogP) is 6.95. The third kappa shape index (κ3) is 10.8. The number of hydrogen-bond donors (Lipinski definition) is 0. The van der Waals surface area contributed by atoms with Crippen molar-refractivity contribution < 1.29 is 13.6 Å². The Morgan fingerprint density at radius 1 is 0.727 bits per heavy atom. The topological polar surface area (TPSA) is 35.5 Å². The molecule has 0 aliphatic rings. The van der Waals surface area contributed by atoms with Crippen LogP contribution in [0, 0.1) is 0 Å². The van der Waals surface area contributed by atoms with E-state index >= 15 is 0 Å². The van der Waals surface area contributed by atoms with Crippen LogP contribution in [0.3, 0.4) is 0 Å². The maximum Gasteiger partial charge on any atom is 0.333 e. The van der Waals surface area contributed by atoms with Crippen molar-refractivity contribution in [2.45, 2.75) is 104 Å². The molecule has 0 heterocycles. The molecule has 3 nitrogen and oxygen atoms in total. The fourth-order valence-electron chi connectivity index (χ4n) is 2.74. The van der Waals surface area contributed by atoms with Gasteiger partial charge in [0.2, 0.25) is 0 Å². The van der Waals surface area contributed by atoms with Crippen LogP contribution in [0.15, 0.2) is 0 Å². The summed E-state index contributed by atoms with van der Waals surface area (Å²) in [5, 5.41) is 0. The molecule has 0 aromatic rings. The molecule has 0 aromatic heterocycles. The molecule has 1 unspecified atom stereocenters. The Balaban J connectivity index is 3.62. The van der Waals surface area contributed by atoms with Crippen molar-refractivity contribution in [2.75, 3.05) is 13.2 Å². The summed E-state index contributed by atoms with van der Waals surface area (Å²) in [5.41, 5.74) is 0.0152. The fourth-order valence-corrected chi connectivity index (χ4v) is 4.54. The lowest BCUT2D eigenvalue weighted by molar-refractivity contribution is 0.211. The van der Waals surface area contributed by atoms with Gasteiger partial charge < -0.3 is 9.05 Å². The van der Waals surface area contributed by atoms with Crippen molar-refractivity contribution in [2.24, 2.45) is 0 Å². The molecule has 0 aliphatic heterocycles. The first-order valence-corrected chi connectivity index (χ1v) is 11.1. The average molecular weight is 334 g/mol. The molecule has 0 fully saturated rings. The Kier molecular flexibility index (Phi) is 14.8. The molecule has 0 saturated heterocycles. The second-order valence-electron chi connectivity index (χ2n) is 6.20. The summed E-state index contributed by atoms with van der Waals surface area (Å²) >= 11 is 0. The zero-order valence-corrected chi connectivity index (χ0v) is 16.3. The first-order chi connectivity index (χ1) is 10.6. The molecule has 22 heavy (non-hydrogen) atoms. The third-order valence-corrected chi connectivity index (χ3v) is 6.71. The van der Waals surface area contributed by atoms with Crippen LogP contribution in [0.4, 0.5) is 0 Å². The van der Waals surface area contributed by atoms with Crippen molar-refractivity contribution in [3.05, 3.63) is 0 Å². The predicted molar refractivity (Wildman–Crippen MR) is 96.8 cm³/mol. The maximum atomic E-state index is 12.6. The normalized spacial score (nSPS) is 13.5. The van der Waals surface area contributed by atoms with Gasteiger partial charge in [0.1, 0.15) is 0 Å². The van der Waals surface area contributed by atoms with Gasteiger partial charge in [0.05, 0.1) is 18.9 Å². The van der Waals surface area contributed by atoms with E-state index in [0.717, 1.165) is 12.8 Å². The minimum atomic E-state index is -2.89. The van der Waals surface area contributed by atoms with Gasteiger partial charge in [-0.15, -0.1) is 0 Å². The molecular weight excluding hydrogens is 295 g/mol. The maximum absolute atomic E-state index is 12.6. The molecule has 0 rings (SSSR count). The van der Waals surface area contributed by atoms with Crippen LogP contribution in [-0.4, -0.2) is 18.9 Å². The van der Waals surface area contributed by atoms with Crippen LogP contribution in [-0.2, 0) is 13.6 Å². The standard InChI is InChI=1S/C18H39O3P/c1-5-8-9-10-11-12-13-14-15-16-17-18(4)22(19,20-6-2)21-7-3/h18H,5-17H2,1-4H3.